The number of aliphatic hydroxyl groups excluding tert-OH is 1. The van der Waals surface area contributed by atoms with Crippen LogP contribution in [0.25, 0.3) is 5.57 Å². The molecule has 0 spiro atoms. The molecular formula is C20H29NO3. The van der Waals surface area contributed by atoms with Gasteiger partial charge in [-0.1, -0.05) is 6.07 Å². The molecule has 1 saturated carbocycles. The molecule has 0 saturated heterocycles. The molecule has 1 amide bonds. The van der Waals surface area contributed by atoms with Crippen LogP contribution in [0.15, 0.2) is 11.8 Å². The molecule has 2 unspecified atom stereocenters. The van der Waals surface area contributed by atoms with Gasteiger partial charge in [0.15, 0.2) is 0 Å². The summed E-state index contributed by atoms with van der Waals surface area (Å²) < 4.78 is 5.44. The van der Waals surface area contributed by atoms with Crippen LogP contribution in [0.1, 0.15) is 54.0 Å². The lowest BCUT2D eigenvalue weighted by Gasteiger charge is -2.30. The van der Waals surface area contributed by atoms with Crippen LogP contribution in [0.2, 0.25) is 0 Å². The number of amides is 1. The first-order valence-electron chi connectivity index (χ1n) is 8.49. The number of benzene rings is 1. The predicted molar refractivity (Wildman–Crippen MR) is 97.2 cm³/mol. The van der Waals surface area contributed by atoms with Crippen molar-refractivity contribution in [3.63, 3.8) is 0 Å². The lowest BCUT2D eigenvalue weighted by atomic mass is 9.85. The quantitative estimate of drug-likeness (QED) is 0.635. The fourth-order valence-electron chi connectivity index (χ4n) is 4.07. The zero-order valence-electron chi connectivity index (χ0n) is 15.6. The molecule has 1 fully saturated rings. The smallest absolute Gasteiger partial charge is 0.207 e. The van der Waals surface area contributed by atoms with E-state index >= 15 is 0 Å². The molecule has 0 heterocycles. The van der Waals surface area contributed by atoms with Crippen molar-refractivity contribution in [2.24, 2.45) is 0 Å². The van der Waals surface area contributed by atoms with Crippen molar-refractivity contribution in [1.82, 2.24) is 5.32 Å². The van der Waals surface area contributed by atoms with Crippen LogP contribution in [0.4, 0.5) is 0 Å². The molecule has 4 nitrogen and oxygen atoms in total. The summed E-state index contributed by atoms with van der Waals surface area (Å²) >= 11 is 0. The number of allylic oxidation sites excluding steroid dienone is 1. The average Bonchev–Trinajstić information content (AvgIpc) is 2.96. The molecule has 24 heavy (non-hydrogen) atoms. The van der Waals surface area contributed by atoms with Gasteiger partial charge in [-0.05, 0) is 80.9 Å². The Morgan fingerprint density at radius 1 is 1.29 bits per heavy atom. The van der Waals surface area contributed by atoms with Gasteiger partial charge in [0.2, 0.25) is 6.41 Å². The van der Waals surface area contributed by atoms with E-state index in [2.05, 4.69) is 39.1 Å². The molecule has 1 aliphatic carbocycles. The van der Waals surface area contributed by atoms with Gasteiger partial charge in [-0.25, -0.2) is 0 Å². The molecule has 2 rings (SSSR count). The summed E-state index contributed by atoms with van der Waals surface area (Å²) in [5.74, 6) is 0.253. The summed E-state index contributed by atoms with van der Waals surface area (Å²) in [7, 11) is 1.67. The Kier molecular flexibility index (Phi) is 5.38. The molecule has 0 aliphatic heterocycles. The topological polar surface area (TPSA) is 58.6 Å². The van der Waals surface area contributed by atoms with E-state index in [1.165, 1.54) is 16.7 Å². The van der Waals surface area contributed by atoms with Gasteiger partial charge in [-0.2, -0.15) is 0 Å². The monoisotopic (exact) mass is 331 g/mol. The summed E-state index contributed by atoms with van der Waals surface area (Å²) in [4.78, 5) is 11.2. The third-order valence-electron chi connectivity index (χ3n) is 5.68. The van der Waals surface area contributed by atoms with Crippen LogP contribution in [0.3, 0.4) is 0 Å². The van der Waals surface area contributed by atoms with Crippen LogP contribution in [-0.4, -0.2) is 30.3 Å². The zero-order chi connectivity index (χ0) is 18.1. The summed E-state index contributed by atoms with van der Waals surface area (Å²) in [5, 5.41) is 13.9. The van der Waals surface area contributed by atoms with Gasteiger partial charge in [0.05, 0.1) is 11.6 Å². The lowest BCUT2D eigenvalue weighted by Crippen LogP contribution is -2.45. The molecular weight excluding hydrogens is 302 g/mol. The summed E-state index contributed by atoms with van der Waals surface area (Å²) in [5.41, 5.74) is 5.98. The summed E-state index contributed by atoms with van der Waals surface area (Å²) in [6.07, 6.45) is 2.82. The Morgan fingerprint density at radius 3 is 2.50 bits per heavy atom. The van der Waals surface area contributed by atoms with Crippen LogP contribution in [0, 0.1) is 27.7 Å². The Morgan fingerprint density at radius 2 is 1.96 bits per heavy atom. The highest BCUT2D eigenvalue weighted by Crippen LogP contribution is 2.40. The van der Waals surface area contributed by atoms with Gasteiger partial charge in [0.25, 0.3) is 0 Å². The molecule has 0 radical (unpaired) electrons. The van der Waals surface area contributed by atoms with Crippen molar-refractivity contribution >= 4 is 12.0 Å². The predicted octanol–water partition coefficient (Wildman–Crippen LogP) is 3.89. The molecule has 2 atom stereocenters. The maximum Gasteiger partial charge on any atom is 0.207 e. The lowest BCUT2D eigenvalue weighted by molar-refractivity contribution is -0.111. The zero-order valence-corrected chi connectivity index (χ0v) is 15.6. The van der Waals surface area contributed by atoms with Crippen molar-refractivity contribution in [2.45, 2.75) is 65.5 Å². The number of carbonyl (C=O) groups excluding carboxylic acids is 1. The van der Waals surface area contributed by atoms with E-state index in [9.17, 15) is 9.90 Å². The number of aliphatic hydroxyl groups is 1. The van der Waals surface area contributed by atoms with Crippen molar-refractivity contribution in [3.8, 4) is 0 Å². The van der Waals surface area contributed by atoms with Crippen LogP contribution < -0.4 is 5.32 Å². The minimum absolute atomic E-state index is 0.0503. The Labute approximate surface area is 144 Å². The first-order valence-corrected chi connectivity index (χ1v) is 8.49. The average molecular weight is 331 g/mol. The molecule has 1 aliphatic rings. The highest BCUT2D eigenvalue weighted by molar-refractivity contribution is 5.74. The number of hydrogen-bond acceptors (Lipinski definition) is 3. The normalized spacial score (nSPS) is 24.7. The van der Waals surface area contributed by atoms with Crippen molar-refractivity contribution in [2.75, 3.05) is 7.11 Å². The van der Waals surface area contributed by atoms with Gasteiger partial charge in [0, 0.05) is 13.5 Å². The number of methoxy groups -OCH3 is 1. The molecule has 1 aromatic carbocycles. The van der Waals surface area contributed by atoms with E-state index in [-0.39, 0.29) is 11.9 Å². The second kappa shape index (κ2) is 6.98. The van der Waals surface area contributed by atoms with Gasteiger partial charge in [0.1, 0.15) is 5.76 Å². The SMILES string of the molecule is COC1CCC(NC=O)(/C(O)=C(\C)c2c(C)cc(C)c(C)c2C)C1. The Balaban J connectivity index is 2.58. The minimum Gasteiger partial charge on any atom is -0.510 e. The van der Waals surface area contributed by atoms with E-state index in [1.54, 1.807) is 7.11 Å². The maximum absolute atomic E-state index is 11.2. The molecule has 4 heteroatoms. The maximum atomic E-state index is 11.2. The standard InChI is InChI=1S/C20H29NO3/c1-12-9-13(2)18(15(4)14(12)3)16(5)19(23)20(21-11-22)8-7-17(10-20)24-6/h9,11,17,23H,7-8,10H2,1-6H3,(H,21,22)/b19-16-. The van der Waals surface area contributed by atoms with Gasteiger partial charge < -0.3 is 15.2 Å². The Bertz CT molecular complexity index is 678. The van der Waals surface area contributed by atoms with Crippen molar-refractivity contribution < 1.29 is 14.6 Å². The van der Waals surface area contributed by atoms with Gasteiger partial charge >= 0.3 is 0 Å². The van der Waals surface area contributed by atoms with E-state index < -0.39 is 5.54 Å². The molecule has 1 aromatic rings. The van der Waals surface area contributed by atoms with E-state index in [4.69, 9.17) is 4.74 Å². The molecule has 0 aromatic heterocycles. The number of ether oxygens (including phenoxy) is 1. The third-order valence-corrected chi connectivity index (χ3v) is 5.68. The number of rotatable bonds is 5. The van der Waals surface area contributed by atoms with Crippen LogP contribution in [0.5, 0.6) is 0 Å². The second-order valence-corrected chi connectivity index (χ2v) is 7.05. The number of carbonyl (C=O) groups is 1. The minimum atomic E-state index is -0.732. The second-order valence-electron chi connectivity index (χ2n) is 7.05. The molecule has 0 bridgehead atoms. The van der Waals surface area contributed by atoms with Crippen molar-refractivity contribution in [1.29, 1.82) is 0 Å². The summed E-state index contributed by atoms with van der Waals surface area (Å²) in [6, 6.07) is 2.15. The Hall–Kier alpha value is -1.81. The molecule has 2 N–H and O–H groups in total. The van der Waals surface area contributed by atoms with E-state index in [0.29, 0.717) is 19.3 Å². The fourth-order valence-corrected chi connectivity index (χ4v) is 4.07. The highest BCUT2D eigenvalue weighted by Gasteiger charge is 2.43. The first kappa shape index (κ1) is 18.5. The van der Waals surface area contributed by atoms with Gasteiger partial charge in [-0.15, -0.1) is 0 Å². The fraction of sp³-hybridized carbons (Fsp3) is 0.550. The highest BCUT2D eigenvalue weighted by atomic mass is 16.5. The summed E-state index contributed by atoms with van der Waals surface area (Å²) in [6.45, 7) is 10.3. The first-order chi connectivity index (χ1) is 11.3. The largest absolute Gasteiger partial charge is 0.510 e. The third kappa shape index (κ3) is 3.07. The number of aryl methyl sites for hydroxylation is 2. The number of hydrogen-bond donors (Lipinski definition) is 2. The van der Waals surface area contributed by atoms with Crippen LogP contribution >= 0.6 is 0 Å². The van der Waals surface area contributed by atoms with Crippen molar-refractivity contribution in [3.05, 3.63) is 39.6 Å². The number of nitrogens with one attached hydrogen (secondary N) is 1. The van der Waals surface area contributed by atoms with E-state index in [1.807, 2.05) is 6.92 Å². The van der Waals surface area contributed by atoms with Gasteiger partial charge in [-0.3, -0.25) is 4.79 Å². The van der Waals surface area contributed by atoms with E-state index in [0.717, 1.165) is 23.1 Å². The molecule has 132 valence electrons. The van der Waals surface area contributed by atoms with Crippen LogP contribution in [-0.2, 0) is 9.53 Å².